The Morgan fingerprint density at radius 3 is 2.44 bits per heavy atom. The van der Waals surface area contributed by atoms with Crippen LogP contribution in [0.15, 0.2) is 53.4 Å². The fourth-order valence-corrected chi connectivity index (χ4v) is 5.64. The average Bonchev–Trinajstić information content (AvgIpc) is 3.30. The highest BCUT2D eigenvalue weighted by Crippen LogP contribution is 2.36. The van der Waals surface area contributed by atoms with Crippen molar-refractivity contribution in [1.82, 2.24) is 9.47 Å². The van der Waals surface area contributed by atoms with Gasteiger partial charge < -0.3 is 14.2 Å². The number of halogens is 2. The molecule has 2 saturated heterocycles. The first-order chi connectivity index (χ1) is 17.3. The minimum Gasteiger partial charge on any atom is -0.378 e. The van der Waals surface area contributed by atoms with Crippen molar-refractivity contribution in [2.75, 3.05) is 31.2 Å². The number of imide groups is 1. The van der Waals surface area contributed by atoms with E-state index in [0.29, 0.717) is 4.91 Å². The molecule has 0 spiro atoms. The smallest absolute Gasteiger partial charge is 0.293 e. The normalized spacial score (nSPS) is 17.5. The van der Waals surface area contributed by atoms with Gasteiger partial charge in [0.25, 0.3) is 11.1 Å². The van der Waals surface area contributed by atoms with Crippen LogP contribution in [0.5, 0.6) is 0 Å². The van der Waals surface area contributed by atoms with Crippen LogP contribution in [-0.4, -0.2) is 46.9 Å². The minimum absolute atomic E-state index is 0.126. The number of nitrogens with zero attached hydrogens (tertiary/aromatic N) is 3. The van der Waals surface area contributed by atoms with Gasteiger partial charge in [0.15, 0.2) is 0 Å². The number of ether oxygens (including phenoxy) is 1. The molecule has 0 saturated carbocycles. The minimum atomic E-state index is -0.547. The molecule has 1 aromatic heterocycles. The van der Waals surface area contributed by atoms with E-state index in [1.807, 2.05) is 19.9 Å². The van der Waals surface area contributed by atoms with Crippen molar-refractivity contribution in [3.05, 3.63) is 86.8 Å². The number of aromatic nitrogens is 1. The number of anilines is 1. The predicted molar refractivity (Wildman–Crippen MR) is 141 cm³/mol. The van der Waals surface area contributed by atoms with E-state index >= 15 is 0 Å². The highest BCUT2D eigenvalue weighted by Gasteiger charge is 2.36. The molecule has 5 rings (SSSR count). The maximum atomic E-state index is 14.2. The van der Waals surface area contributed by atoms with Gasteiger partial charge in [-0.05, 0) is 79.7 Å². The summed E-state index contributed by atoms with van der Waals surface area (Å²) in [6, 6.07) is 14.7. The van der Waals surface area contributed by atoms with Crippen molar-refractivity contribution in [1.29, 1.82) is 0 Å². The Morgan fingerprint density at radius 1 is 1.06 bits per heavy atom. The molecule has 0 atom stereocenters. The van der Waals surface area contributed by atoms with Crippen molar-refractivity contribution in [3.63, 3.8) is 0 Å². The van der Waals surface area contributed by atoms with E-state index in [1.54, 1.807) is 6.08 Å². The van der Waals surface area contributed by atoms with Gasteiger partial charge in [0.1, 0.15) is 5.82 Å². The van der Waals surface area contributed by atoms with Crippen LogP contribution in [0.3, 0.4) is 0 Å². The number of carbonyl (C=O) groups excluding carboxylic acids is 2. The Morgan fingerprint density at radius 2 is 1.75 bits per heavy atom. The first-order valence-electron chi connectivity index (χ1n) is 11.6. The molecular formula is C27H25ClFN3O3S. The summed E-state index contributed by atoms with van der Waals surface area (Å²) in [4.78, 5) is 29.3. The predicted octanol–water partition coefficient (Wildman–Crippen LogP) is 5.96. The fourth-order valence-electron chi connectivity index (χ4n) is 4.58. The van der Waals surface area contributed by atoms with Crippen molar-refractivity contribution >= 4 is 46.3 Å². The lowest BCUT2D eigenvalue weighted by Crippen LogP contribution is -2.36. The number of benzene rings is 2. The van der Waals surface area contributed by atoms with Crippen LogP contribution in [0.25, 0.3) is 11.8 Å². The van der Waals surface area contributed by atoms with Crippen LogP contribution in [-0.2, 0) is 16.1 Å². The standard InChI is InChI=1S/C27H25ClFN3O3S/c1-17-14-19(18(2)32(17)21-8-6-20(7-9-21)30-10-12-35-13-11-30)15-25-26(33)31(27(34)36-25)16-22-23(28)4-3-5-24(22)29/h3-9,14-15H,10-13,16H2,1-2H3/b25-15-. The third kappa shape index (κ3) is 4.68. The molecule has 0 N–H and O–H groups in total. The molecule has 9 heteroatoms. The monoisotopic (exact) mass is 525 g/mol. The first kappa shape index (κ1) is 24.6. The number of rotatable bonds is 5. The quantitative estimate of drug-likeness (QED) is 0.385. The fraction of sp³-hybridized carbons (Fsp3) is 0.259. The van der Waals surface area contributed by atoms with E-state index in [4.69, 9.17) is 16.3 Å². The number of hydrogen-bond acceptors (Lipinski definition) is 5. The highest BCUT2D eigenvalue weighted by molar-refractivity contribution is 8.18. The Bertz CT molecular complexity index is 1340. The zero-order valence-electron chi connectivity index (χ0n) is 20.0. The molecule has 2 fully saturated rings. The van der Waals surface area contributed by atoms with Crippen LogP contribution >= 0.6 is 23.4 Å². The summed E-state index contributed by atoms with van der Waals surface area (Å²) in [7, 11) is 0. The number of thioether (sulfide) groups is 1. The number of carbonyl (C=O) groups is 2. The van der Waals surface area contributed by atoms with Crippen LogP contribution in [0.1, 0.15) is 22.5 Å². The van der Waals surface area contributed by atoms with Gasteiger partial charge in [-0.15, -0.1) is 0 Å². The Balaban J connectivity index is 1.38. The van der Waals surface area contributed by atoms with E-state index in [9.17, 15) is 14.0 Å². The molecule has 0 aliphatic carbocycles. The zero-order chi connectivity index (χ0) is 25.4. The Labute approximate surface area is 218 Å². The van der Waals surface area contributed by atoms with E-state index < -0.39 is 17.0 Å². The molecule has 6 nitrogen and oxygen atoms in total. The van der Waals surface area contributed by atoms with Gasteiger partial charge in [0.05, 0.1) is 24.7 Å². The second kappa shape index (κ2) is 10.1. The van der Waals surface area contributed by atoms with Gasteiger partial charge in [0.2, 0.25) is 0 Å². The maximum Gasteiger partial charge on any atom is 0.293 e. The zero-order valence-corrected chi connectivity index (χ0v) is 21.5. The molecule has 0 bridgehead atoms. The summed E-state index contributed by atoms with van der Waals surface area (Å²) in [5.41, 5.74) is 5.11. The lowest BCUT2D eigenvalue weighted by atomic mass is 10.2. The van der Waals surface area contributed by atoms with E-state index in [0.717, 1.165) is 71.3 Å². The average molecular weight is 526 g/mol. The van der Waals surface area contributed by atoms with Crippen molar-refractivity contribution in [2.24, 2.45) is 0 Å². The second-order valence-corrected chi connectivity index (χ2v) is 10.1. The molecule has 186 valence electrons. The van der Waals surface area contributed by atoms with Crippen LogP contribution in [0, 0.1) is 19.7 Å². The molecule has 3 aromatic rings. The lowest BCUT2D eigenvalue weighted by Gasteiger charge is -2.29. The van der Waals surface area contributed by atoms with Gasteiger partial charge in [-0.2, -0.15) is 0 Å². The third-order valence-corrected chi connectivity index (χ3v) is 7.75. The molecule has 0 radical (unpaired) electrons. The van der Waals surface area contributed by atoms with E-state index in [-0.39, 0.29) is 17.1 Å². The lowest BCUT2D eigenvalue weighted by molar-refractivity contribution is -0.123. The topological polar surface area (TPSA) is 54.8 Å². The van der Waals surface area contributed by atoms with Gasteiger partial charge >= 0.3 is 0 Å². The summed E-state index contributed by atoms with van der Waals surface area (Å²) >= 11 is 6.95. The highest BCUT2D eigenvalue weighted by atomic mass is 35.5. The van der Waals surface area contributed by atoms with Gasteiger partial charge in [-0.25, -0.2) is 4.39 Å². The number of morpholine rings is 1. The molecule has 3 heterocycles. The van der Waals surface area contributed by atoms with Gasteiger partial charge in [-0.1, -0.05) is 17.7 Å². The second-order valence-electron chi connectivity index (χ2n) is 8.75. The van der Waals surface area contributed by atoms with Crippen LogP contribution in [0.2, 0.25) is 5.02 Å². The third-order valence-electron chi connectivity index (χ3n) is 6.49. The summed E-state index contributed by atoms with van der Waals surface area (Å²) in [6.45, 7) is 7.01. The largest absolute Gasteiger partial charge is 0.378 e. The number of amides is 2. The van der Waals surface area contributed by atoms with Gasteiger partial charge in [0, 0.05) is 46.4 Å². The molecule has 2 amide bonds. The van der Waals surface area contributed by atoms with Gasteiger partial charge in [-0.3, -0.25) is 14.5 Å². The molecular weight excluding hydrogens is 501 g/mol. The van der Waals surface area contributed by atoms with Crippen LogP contribution in [0.4, 0.5) is 14.9 Å². The molecule has 0 unspecified atom stereocenters. The maximum absolute atomic E-state index is 14.2. The summed E-state index contributed by atoms with van der Waals surface area (Å²) in [5, 5.41) is -0.265. The van der Waals surface area contributed by atoms with Crippen LogP contribution < -0.4 is 4.90 Å². The summed E-state index contributed by atoms with van der Waals surface area (Å²) < 4.78 is 21.8. The molecule has 2 aliphatic heterocycles. The summed E-state index contributed by atoms with van der Waals surface area (Å²) in [6.07, 6.45) is 1.73. The first-order valence-corrected chi connectivity index (χ1v) is 12.8. The Hall–Kier alpha value is -3.07. The molecule has 2 aliphatic rings. The van der Waals surface area contributed by atoms with E-state index in [1.165, 1.54) is 18.2 Å². The van der Waals surface area contributed by atoms with E-state index in [2.05, 4.69) is 33.7 Å². The molecule has 36 heavy (non-hydrogen) atoms. The van der Waals surface area contributed by atoms with Crippen molar-refractivity contribution in [2.45, 2.75) is 20.4 Å². The SMILES string of the molecule is Cc1cc(/C=C2\SC(=O)N(Cc3c(F)cccc3Cl)C2=O)c(C)n1-c1ccc(N2CCOCC2)cc1. The number of aryl methyl sites for hydroxylation is 1. The number of hydrogen-bond donors (Lipinski definition) is 0. The van der Waals surface area contributed by atoms with Crippen molar-refractivity contribution < 1.29 is 18.7 Å². The summed E-state index contributed by atoms with van der Waals surface area (Å²) in [5.74, 6) is -1.00. The Kier molecular flexibility index (Phi) is 6.92. The molecule has 2 aromatic carbocycles. The van der Waals surface area contributed by atoms with Crippen molar-refractivity contribution in [3.8, 4) is 5.69 Å².